The molecule has 5 rings (SSSR count). The third-order valence-electron chi connectivity index (χ3n) is 8.69. The number of fused-ring (bicyclic) bond motifs is 1. The highest BCUT2D eigenvalue weighted by Gasteiger charge is 2.35. The normalized spacial score (nSPS) is 14.4. The molecule has 2 heterocycles. The Hall–Kier alpha value is -5.82. The molecule has 0 fully saturated rings. The van der Waals surface area contributed by atoms with Crippen LogP contribution in [0.25, 0.3) is 0 Å². The lowest BCUT2D eigenvalue weighted by Crippen LogP contribution is -2.51. The summed E-state index contributed by atoms with van der Waals surface area (Å²) in [7, 11) is 0. The standard InChI is InChI=1S/C37H41N7O6/c1-24-22-30(44-37(50)43(36(49)42(44)23-24)31(26-10-4-2-5-11-26)27-12-6-3-7-13-27)34(47)41-29(14-8-9-20-38)32(45)35(48)40-21-19-25-15-17-28(18-16-25)33(39)46/h2-7,10-13,15-18,22,29-31H,8-9,14,19-21,23,38H2,1H3,(H2,39,46)(H,40,48)(H,41,47). The molecule has 50 heavy (non-hydrogen) atoms. The van der Waals surface area contributed by atoms with E-state index in [4.69, 9.17) is 11.5 Å². The molecule has 13 heteroatoms. The number of rotatable bonds is 15. The van der Waals surface area contributed by atoms with Crippen LogP contribution in [0, 0.1) is 0 Å². The minimum atomic E-state index is -1.26. The second-order valence-electron chi connectivity index (χ2n) is 12.3. The number of hydrogen-bond acceptors (Lipinski definition) is 7. The molecule has 260 valence electrons. The van der Waals surface area contributed by atoms with Gasteiger partial charge in [-0.1, -0.05) is 78.4 Å². The van der Waals surface area contributed by atoms with Gasteiger partial charge in [0.15, 0.2) is 6.04 Å². The Labute approximate surface area is 288 Å². The van der Waals surface area contributed by atoms with Crippen molar-refractivity contribution in [2.75, 3.05) is 13.1 Å². The topological polar surface area (TPSA) is 193 Å². The van der Waals surface area contributed by atoms with Gasteiger partial charge in [0, 0.05) is 12.1 Å². The third-order valence-corrected chi connectivity index (χ3v) is 8.69. The minimum Gasteiger partial charge on any atom is -0.366 e. The van der Waals surface area contributed by atoms with Crippen molar-refractivity contribution in [2.45, 2.75) is 57.3 Å². The summed E-state index contributed by atoms with van der Waals surface area (Å²) in [5.74, 6) is -2.97. The van der Waals surface area contributed by atoms with Crippen molar-refractivity contribution in [3.8, 4) is 0 Å². The fourth-order valence-corrected chi connectivity index (χ4v) is 6.14. The molecule has 0 saturated carbocycles. The largest absolute Gasteiger partial charge is 0.366 e. The van der Waals surface area contributed by atoms with Gasteiger partial charge in [0.2, 0.25) is 17.6 Å². The monoisotopic (exact) mass is 679 g/mol. The summed E-state index contributed by atoms with van der Waals surface area (Å²) in [5, 5.41) is 5.30. The molecule has 3 aromatic carbocycles. The number of Topliss-reactive ketones (excluding diaryl/α,β-unsaturated/α-hetero) is 1. The molecule has 0 spiro atoms. The Morgan fingerprint density at radius 1 is 0.860 bits per heavy atom. The lowest BCUT2D eigenvalue weighted by atomic mass is 9.99. The average Bonchev–Trinajstić information content (AvgIpc) is 3.36. The van der Waals surface area contributed by atoms with E-state index in [1.807, 2.05) is 60.7 Å². The molecule has 4 aromatic rings. The molecule has 2 unspecified atom stereocenters. The van der Waals surface area contributed by atoms with Crippen molar-refractivity contribution >= 4 is 23.5 Å². The summed E-state index contributed by atoms with van der Waals surface area (Å²) in [5.41, 5.74) is 13.0. The first-order valence-corrected chi connectivity index (χ1v) is 16.5. The molecule has 13 nitrogen and oxygen atoms in total. The quantitative estimate of drug-likeness (QED) is 0.0832. The first-order chi connectivity index (χ1) is 24.1. The fraction of sp³-hybridized carbons (Fsp3) is 0.297. The highest BCUT2D eigenvalue weighted by molar-refractivity contribution is 6.38. The average molecular weight is 680 g/mol. The lowest BCUT2D eigenvalue weighted by Gasteiger charge is -2.25. The number of carbonyl (C=O) groups is 4. The molecule has 1 aromatic heterocycles. The molecule has 0 aliphatic carbocycles. The number of carbonyl (C=O) groups excluding carboxylic acids is 4. The number of allylic oxidation sites excluding steroid dienone is 1. The maximum Gasteiger partial charge on any atom is 0.349 e. The Morgan fingerprint density at radius 3 is 2.06 bits per heavy atom. The maximum atomic E-state index is 14.2. The van der Waals surface area contributed by atoms with Crippen LogP contribution >= 0.6 is 0 Å². The van der Waals surface area contributed by atoms with E-state index < -0.39 is 53.0 Å². The van der Waals surface area contributed by atoms with Crippen LogP contribution in [0.3, 0.4) is 0 Å². The molecular weight excluding hydrogens is 638 g/mol. The first kappa shape index (κ1) is 35.5. The zero-order chi connectivity index (χ0) is 35.8. The summed E-state index contributed by atoms with van der Waals surface area (Å²) >= 11 is 0. The molecule has 0 radical (unpaired) electrons. The Balaban J connectivity index is 1.39. The maximum absolute atomic E-state index is 14.2. The van der Waals surface area contributed by atoms with Gasteiger partial charge in [0.1, 0.15) is 0 Å². The molecule has 3 amide bonds. The summed E-state index contributed by atoms with van der Waals surface area (Å²) < 4.78 is 3.51. The van der Waals surface area contributed by atoms with Crippen molar-refractivity contribution in [1.82, 2.24) is 24.6 Å². The van der Waals surface area contributed by atoms with E-state index in [0.29, 0.717) is 48.1 Å². The van der Waals surface area contributed by atoms with Crippen LogP contribution in [0.5, 0.6) is 0 Å². The van der Waals surface area contributed by atoms with Crippen LogP contribution < -0.4 is 33.5 Å². The summed E-state index contributed by atoms with van der Waals surface area (Å²) in [6.45, 7) is 2.34. The third kappa shape index (κ3) is 7.90. The Bertz CT molecular complexity index is 1960. The van der Waals surface area contributed by atoms with E-state index in [9.17, 15) is 28.8 Å². The van der Waals surface area contributed by atoms with Gasteiger partial charge in [-0.15, -0.1) is 0 Å². The van der Waals surface area contributed by atoms with Gasteiger partial charge in [0.05, 0.1) is 18.6 Å². The van der Waals surface area contributed by atoms with Gasteiger partial charge in [-0.25, -0.2) is 23.5 Å². The minimum absolute atomic E-state index is 0.0909. The Kier molecular flexibility index (Phi) is 11.4. The van der Waals surface area contributed by atoms with Crippen LogP contribution in [-0.4, -0.2) is 56.6 Å². The zero-order valence-corrected chi connectivity index (χ0v) is 27.8. The van der Waals surface area contributed by atoms with Gasteiger partial charge >= 0.3 is 11.4 Å². The van der Waals surface area contributed by atoms with Crippen LogP contribution in [0.4, 0.5) is 0 Å². The van der Waals surface area contributed by atoms with Crippen LogP contribution in [0.2, 0.25) is 0 Å². The van der Waals surface area contributed by atoms with Crippen molar-refractivity contribution in [3.05, 3.63) is 140 Å². The van der Waals surface area contributed by atoms with E-state index in [-0.39, 0.29) is 19.5 Å². The zero-order valence-electron chi connectivity index (χ0n) is 27.8. The van der Waals surface area contributed by atoms with Gasteiger partial charge in [-0.05, 0) is 74.1 Å². The highest BCUT2D eigenvalue weighted by atomic mass is 16.2. The lowest BCUT2D eigenvalue weighted by molar-refractivity contribution is -0.140. The van der Waals surface area contributed by atoms with E-state index in [1.165, 1.54) is 4.68 Å². The summed E-state index contributed by atoms with van der Waals surface area (Å²) in [6, 6.07) is 21.7. The van der Waals surface area contributed by atoms with Crippen molar-refractivity contribution in [3.63, 3.8) is 0 Å². The fourth-order valence-electron chi connectivity index (χ4n) is 6.14. The molecule has 1 aliphatic heterocycles. The second-order valence-corrected chi connectivity index (χ2v) is 12.3. The number of hydrogen-bond donors (Lipinski definition) is 4. The molecular formula is C37H41N7O6. The first-order valence-electron chi connectivity index (χ1n) is 16.5. The van der Waals surface area contributed by atoms with Crippen LogP contribution in [-0.2, 0) is 27.3 Å². The van der Waals surface area contributed by atoms with Crippen LogP contribution in [0.1, 0.15) is 65.3 Å². The summed E-state index contributed by atoms with van der Waals surface area (Å²) in [4.78, 5) is 79.9. The number of ketones is 1. The van der Waals surface area contributed by atoms with Crippen molar-refractivity contribution in [1.29, 1.82) is 0 Å². The smallest absolute Gasteiger partial charge is 0.349 e. The van der Waals surface area contributed by atoms with Crippen molar-refractivity contribution < 1.29 is 19.2 Å². The molecule has 0 bridgehead atoms. The number of nitrogens with zero attached hydrogens (tertiary/aromatic N) is 3. The van der Waals surface area contributed by atoms with E-state index in [0.717, 1.165) is 14.8 Å². The number of aromatic nitrogens is 3. The molecule has 0 saturated heterocycles. The number of nitrogens with two attached hydrogens (primary N) is 2. The number of nitrogens with one attached hydrogen (secondary N) is 2. The predicted molar refractivity (Wildman–Crippen MR) is 187 cm³/mol. The summed E-state index contributed by atoms with van der Waals surface area (Å²) in [6.07, 6.45) is 3.15. The van der Waals surface area contributed by atoms with Crippen LogP contribution in [0.15, 0.2) is 106 Å². The van der Waals surface area contributed by atoms with E-state index in [2.05, 4.69) is 10.6 Å². The molecule has 2 atom stereocenters. The van der Waals surface area contributed by atoms with Crippen molar-refractivity contribution in [2.24, 2.45) is 11.5 Å². The Morgan fingerprint density at radius 2 is 1.48 bits per heavy atom. The number of amides is 3. The van der Waals surface area contributed by atoms with Gasteiger partial charge in [-0.3, -0.25) is 19.2 Å². The van der Waals surface area contributed by atoms with Gasteiger partial charge < -0.3 is 22.1 Å². The van der Waals surface area contributed by atoms with Gasteiger partial charge in [-0.2, -0.15) is 0 Å². The predicted octanol–water partition coefficient (Wildman–Crippen LogP) is 1.59. The molecule has 6 N–H and O–H groups in total. The second kappa shape index (κ2) is 16.1. The van der Waals surface area contributed by atoms with Gasteiger partial charge in [0.25, 0.3) is 5.91 Å². The highest BCUT2D eigenvalue weighted by Crippen LogP contribution is 2.25. The number of primary amides is 1. The van der Waals surface area contributed by atoms with E-state index in [1.54, 1.807) is 37.3 Å². The van der Waals surface area contributed by atoms with E-state index >= 15 is 0 Å². The number of benzene rings is 3. The molecule has 1 aliphatic rings. The number of unbranched alkanes of at least 4 members (excludes halogenated alkanes) is 1. The SMILES string of the molecule is CC1=CC(C(=O)NC(CCCCN)C(=O)C(=O)NCCc2ccc(C(N)=O)cc2)n2c(=O)n(C(c3ccccc3)c3ccccc3)c(=O)n2C1.